The third kappa shape index (κ3) is 1.87. The fourth-order valence-electron chi connectivity index (χ4n) is 0.209. The van der Waals surface area contributed by atoms with E-state index in [0.717, 1.165) is 6.42 Å². The Bertz CT molecular complexity index is 68.9. The van der Waals surface area contributed by atoms with Crippen molar-refractivity contribution in [1.82, 2.24) is 0 Å². The fraction of sp³-hybridized carbons (Fsp3) is 1.00. The van der Waals surface area contributed by atoms with Crippen LogP contribution in [0.5, 0.6) is 0 Å². The zero-order valence-corrected chi connectivity index (χ0v) is 5.81. The van der Waals surface area contributed by atoms with Gasteiger partial charge in [-0.15, -0.1) is 0 Å². The zero-order valence-electron chi connectivity index (χ0n) is 5.81. The van der Waals surface area contributed by atoms with Crippen LogP contribution in [-0.2, 0) is 0 Å². The van der Waals surface area contributed by atoms with Gasteiger partial charge in [0.25, 0.3) is 0 Å². The van der Waals surface area contributed by atoms with E-state index in [-0.39, 0.29) is 5.41 Å². The van der Waals surface area contributed by atoms with Crippen molar-refractivity contribution in [2.45, 2.75) is 33.2 Å². The largest absolute Gasteiger partial charge is 0.402 e. The molecule has 0 spiro atoms. The molecular weight excluding hydrogens is 98.9 g/mol. The SMILES string of the molecule is [B]C(O)C(C)(C)CC. The van der Waals surface area contributed by atoms with Crippen LogP contribution in [0.2, 0.25) is 0 Å². The molecule has 0 saturated carbocycles. The average Bonchev–Trinajstić information content (AvgIpc) is 1.67. The fourth-order valence-corrected chi connectivity index (χ4v) is 0.209. The van der Waals surface area contributed by atoms with Gasteiger partial charge >= 0.3 is 0 Å². The van der Waals surface area contributed by atoms with E-state index in [0.29, 0.717) is 0 Å². The molecule has 0 rings (SSSR count). The molecule has 0 bridgehead atoms. The number of hydrogen-bond donors (Lipinski definition) is 1. The van der Waals surface area contributed by atoms with Gasteiger partial charge in [0.05, 0.1) is 0 Å². The highest BCUT2D eigenvalue weighted by atomic mass is 16.3. The topological polar surface area (TPSA) is 20.2 Å². The molecule has 2 heteroatoms. The van der Waals surface area contributed by atoms with Gasteiger partial charge in [0.15, 0.2) is 0 Å². The molecule has 1 unspecified atom stereocenters. The van der Waals surface area contributed by atoms with E-state index in [2.05, 4.69) is 0 Å². The van der Waals surface area contributed by atoms with E-state index in [4.69, 9.17) is 13.0 Å². The van der Waals surface area contributed by atoms with E-state index in [9.17, 15) is 0 Å². The second-order valence-electron chi connectivity index (χ2n) is 2.79. The van der Waals surface area contributed by atoms with Crippen LogP contribution in [-0.4, -0.2) is 19.0 Å². The minimum atomic E-state index is -0.688. The maximum atomic E-state index is 8.86. The Kier molecular flexibility index (Phi) is 2.55. The van der Waals surface area contributed by atoms with Crippen molar-refractivity contribution in [2.75, 3.05) is 0 Å². The quantitative estimate of drug-likeness (QED) is 0.526. The maximum Gasteiger partial charge on any atom is 0.109 e. The molecule has 1 N–H and O–H groups in total. The van der Waals surface area contributed by atoms with E-state index in [1.54, 1.807) is 0 Å². The molecule has 1 atom stereocenters. The van der Waals surface area contributed by atoms with Gasteiger partial charge < -0.3 is 5.11 Å². The van der Waals surface area contributed by atoms with Crippen LogP contribution >= 0.6 is 0 Å². The highest BCUT2D eigenvalue weighted by Crippen LogP contribution is 2.22. The first-order chi connectivity index (χ1) is 3.50. The number of hydrogen-bond acceptors (Lipinski definition) is 1. The summed E-state index contributed by atoms with van der Waals surface area (Å²) in [6, 6.07) is -0.688. The van der Waals surface area contributed by atoms with Crippen LogP contribution < -0.4 is 0 Å². The van der Waals surface area contributed by atoms with Gasteiger partial charge in [0, 0.05) is 6.00 Å². The van der Waals surface area contributed by atoms with Gasteiger partial charge in [0.1, 0.15) is 7.85 Å². The van der Waals surface area contributed by atoms with Crippen molar-refractivity contribution in [2.24, 2.45) is 5.41 Å². The summed E-state index contributed by atoms with van der Waals surface area (Å²) < 4.78 is 0. The molecule has 0 aliphatic rings. The van der Waals surface area contributed by atoms with Crippen LogP contribution in [0.15, 0.2) is 0 Å². The lowest BCUT2D eigenvalue weighted by Crippen LogP contribution is -2.28. The van der Waals surface area contributed by atoms with E-state index >= 15 is 0 Å². The summed E-state index contributed by atoms with van der Waals surface area (Å²) >= 11 is 0. The molecule has 0 saturated heterocycles. The monoisotopic (exact) mass is 112 g/mol. The summed E-state index contributed by atoms with van der Waals surface area (Å²) in [7, 11) is 5.24. The van der Waals surface area contributed by atoms with E-state index < -0.39 is 6.00 Å². The van der Waals surface area contributed by atoms with Crippen LogP contribution in [0.3, 0.4) is 0 Å². The molecular formula is C6H13BO. The summed E-state index contributed by atoms with van der Waals surface area (Å²) in [4.78, 5) is 0. The summed E-state index contributed by atoms with van der Waals surface area (Å²) in [5.41, 5.74) is -0.125. The third-order valence-corrected chi connectivity index (χ3v) is 1.71. The van der Waals surface area contributed by atoms with E-state index in [1.807, 2.05) is 20.8 Å². The minimum Gasteiger partial charge on any atom is -0.402 e. The second-order valence-corrected chi connectivity index (χ2v) is 2.79. The first-order valence-corrected chi connectivity index (χ1v) is 2.94. The number of rotatable bonds is 2. The van der Waals surface area contributed by atoms with Crippen LogP contribution in [0, 0.1) is 5.41 Å². The lowest BCUT2D eigenvalue weighted by molar-refractivity contribution is 0.116. The Morgan fingerprint density at radius 3 is 2.00 bits per heavy atom. The molecule has 2 radical (unpaired) electrons. The third-order valence-electron chi connectivity index (χ3n) is 1.71. The maximum absolute atomic E-state index is 8.86. The summed E-state index contributed by atoms with van der Waals surface area (Å²) in [5, 5.41) is 8.86. The molecule has 0 fully saturated rings. The molecule has 1 nitrogen and oxygen atoms in total. The molecule has 0 heterocycles. The molecule has 46 valence electrons. The Balaban J connectivity index is 3.71. The van der Waals surface area contributed by atoms with Gasteiger partial charge in [-0.1, -0.05) is 20.8 Å². The molecule has 0 aromatic carbocycles. The van der Waals surface area contributed by atoms with Gasteiger partial charge in [-0.05, 0) is 11.8 Å². The van der Waals surface area contributed by atoms with Crippen LogP contribution in [0.1, 0.15) is 27.2 Å². The summed E-state index contributed by atoms with van der Waals surface area (Å²) in [5.74, 6) is 0. The lowest BCUT2D eigenvalue weighted by Gasteiger charge is -2.26. The smallest absolute Gasteiger partial charge is 0.109 e. The van der Waals surface area contributed by atoms with Gasteiger partial charge in [0.2, 0.25) is 0 Å². The Labute approximate surface area is 52.5 Å². The molecule has 8 heavy (non-hydrogen) atoms. The Hall–Kier alpha value is 0.0249. The number of aliphatic hydroxyl groups is 1. The van der Waals surface area contributed by atoms with Gasteiger partial charge in [-0.25, -0.2) is 0 Å². The van der Waals surface area contributed by atoms with Crippen molar-refractivity contribution < 1.29 is 5.11 Å². The highest BCUT2D eigenvalue weighted by Gasteiger charge is 2.20. The Morgan fingerprint density at radius 1 is 1.62 bits per heavy atom. The molecule has 0 aromatic rings. The van der Waals surface area contributed by atoms with Crippen molar-refractivity contribution in [3.8, 4) is 0 Å². The standard InChI is InChI=1S/C6H13BO/c1-4-6(2,3)5(7)8/h5,8H,4H2,1-3H3. The highest BCUT2D eigenvalue weighted by molar-refractivity contribution is 6.11. The molecule has 0 amide bonds. The summed E-state index contributed by atoms with van der Waals surface area (Å²) in [6.07, 6.45) is 0.907. The van der Waals surface area contributed by atoms with Crippen LogP contribution in [0.4, 0.5) is 0 Å². The minimum absolute atomic E-state index is 0.125. The summed E-state index contributed by atoms with van der Waals surface area (Å²) in [6.45, 7) is 5.89. The van der Waals surface area contributed by atoms with Crippen molar-refractivity contribution >= 4 is 7.85 Å². The Morgan fingerprint density at radius 2 is 2.00 bits per heavy atom. The second kappa shape index (κ2) is 2.54. The van der Waals surface area contributed by atoms with Gasteiger partial charge in [-0.3, -0.25) is 0 Å². The van der Waals surface area contributed by atoms with Crippen molar-refractivity contribution in [1.29, 1.82) is 0 Å². The van der Waals surface area contributed by atoms with Crippen LogP contribution in [0.25, 0.3) is 0 Å². The molecule has 0 aliphatic carbocycles. The molecule has 0 aromatic heterocycles. The van der Waals surface area contributed by atoms with E-state index in [1.165, 1.54) is 0 Å². The predicted octanol–water partition coefficient (Wildman–Crippen LogP) is 0.909. The van der Waals surface area contributed by atoms with Crippen molar-refractivity contribution in [3.05, 3.63) is 0 Å². The van der Waals surface area contributed by atoms with Crippen molar-refractivity contribution in [3.63, 3.8) is 0 Å². The first-order valence-electron chi connectivity index (χ1n) is 2.94. The predicted molar refractivity (Wildman–Crippen MR) is 35.8 cm³/mol. The number of aliphatic hydroxyl groups excluding tert-OH is 1. The van der Waals surface area contributed by atoms with Gasteiger partial charge in [-0.2, -0.15) is 0 Å². The zero-order chi connectivity index (χ0) is 6.78. The lowest BCUT2D eigenvalue weighted by atomic mass is 9.74. The normalized spacial score (nSPS) is 16.0. The average molecular weight is 112 g/mol. The molecule has 0 aliphatic heterocycles. The first kappa shape index (κ1) is 8.02.